The topological polar surface area (TPSA) is 144 Å². The van der Waals surface area contributed by atoms with Crippen LogP contribution in [0.2, 0.25) is 0 Å². The van der Waals surface area contributed by atoms with Gasteiger partial charge in [-0.3, -0.25) is 0 Å². The van der Waals surface area contributed by atoms with Crippen molar-refractivity contribution in [2.75, 3.05) is 26.4 Å². The molecular weight excluding hydrogens is 468 g/mol. The Labute approximate surface area is 209 Å². The zero-order valence-electron chi connectivity index (χ0n) is 19.5. The third-order valence-corrected chi connectivity index (χ3v) is 5.04. The number of terminal acetylenes is 1. The van der Waals surface area contributed by atoms with Gasteiger partial charge in [-0.2, -0.15) is 0 Å². The zero-order valence-corrected chi connectivity index (χ0v) is 19.5. The summed E-state index contributed by atoms with van der Waals surface area (Å²) in [6.45, 7) is 3.62. The van der Waals surface area contributed by atoms with Crippen LogP contribution in [0.15, 0.2) is 43.0 Å². The molecule has 0 bridgehead atoms. The van der Waals surface area contributed by atoms with Crippen molar-refractivity contribution in [3.05, 3.63) is 60.1 Å². The Hall–Kier alpha value is -3.48. The van der Waals surface area contributed by atoms with Gasteiger partial charge >= 0.3 is 0 Å². The molecule has 10 nitrogen and oxygen atoms in total. The lowest BCUT2D eigenvalue weighted by Crippen LogP contribution is -2.59. The molecule has 0 radical (unpaired) electrons. The molecule has 5 atom stereocenters. The Morgan fingerprint density at radius 2 is 1.75 bits per heavy atom. The minimum Gasteiger partial charge on any atom is -0.493 e. The molecular formula is C26H28N2O8. The average molecular weight is 497 g/mol. The van der Waals surface area contributed by atoms with Crippen LogP contribution in [0, 0.1) is 24.2 Å². The van der Waals surface area contributed by atoms with E-state index in [-0.39, 0.29) is 19.1 Å². The second-order valence-corrected chi connectivity index (χ2v) is 7.67. The molecule has 3 rings (SSSR count). The van der Waals surface area contributed by atoms with Crippen LogP contribution in [-0.2, 0) is 9.47 Å². The largest absolute Gasteiger partial charge is 0.493 e. The molecule has 2 aromatic heterocycles. The van der Waals surface area contributed by atoms with Gasteiger partial charge in [-0.05, 0) is 24.3 Å². The Morgan fingerprint density at radius 3 is 2.50 bits per heavy atom. The lowest BCUT2D eigenvalue weighted by Gasteiger charge is -2.39. The predicted octanol–water partition coefficient (Wildman–Crippen LogP) is 0.00790. The summed E-state index contributed by atoms with van der Waals surface area (Å²) >= 11 is 0. The van der Waals surface area contributed by atoms with Crippen molar-refractivity contribution in [2.45, 2.75) is 37.1 Å². The van der Waals surface area contributed by atoms with Crippen LogP contribution in [0.25, 0.3) is 0 Å². The van der Waals surface area contributed by atoms with Gasteiger partial charge in [-0.25, -0.2) is 9.97 Å². The lowest BCUT2D eigenvalue weighted by atomic mass is 9.99. The highest BCUT2D eigenvalue weighted by Gasteiger charge is 2.43. The second kappa shape index (κ2) is 13.6. The molecule has 0 amide bonds. The molecule has 2 aromatic rings. The number of aliphatic hydroxyl groups excluding tert-OH is 4. The predicted molar refractivity (Wildman–Crippen MR) is 128 cm³/mol. The van der Waals surface area contributed by atoms with Crippen LogP contribution in [0.5, 0.6) is 11.6 Å². The van der Waals surface area contributed by atoms with Gasteiger partial charge in [0.2, 0.25) is 5.88 Å². The fourth-order valence-electron chi connectivity index (χ4n) is 3.20. The van der Waals surface area contributed by atoms with Crippen molar-refractivity contribution in [2.24, 2.45) is 0 Å². The summed E-state index contributed by atoms with van der Waals surface area (Å²) < 4.78 is 21.9. The molecule has 1 fully saturated rings. The van der Waals surface area contributed by atoms with Crippen molar-refractivity contribution in [3.63, 3.8) is 0 Å². The number of hydrogen-bond donors (Lipinski definition) is 4. The summed E-state index contributed by atoms with van der Waals surface area (Å²) in [4.78, 5) is 8.59. The van der Waals surface area contributed by atoms with Crippen LogP contribution in [0.3, 0.4) is 0 Å². The monoisotopic (exact) mass is 496 g/mol. The molecule has 0 aromatic carbocycles. The first-order valence-electron chi connectivity index (χ1n) is 11.2. The first-order chi connectivity index (χ1) is 17.4. The zero-order chi connectivity index (χ0) is 25.9. The van der Waals surface area contributed by atoms with E-state index in [2.05, 4.69) is 34.3 Å². The molecule has 0 unspecified atom stereocenters. The van der Waals surface area contributed by atoms with Gasteiger partial charge in [-0.15, -0.1) is 13.0 Å². The van der Waals surface area contributed by atoms with Crippen molar-refractivity contribution in [1.82, 2.24) is 9.97 Å². The van der Waals surface area contributed by atoms with E-state index in [0.29, 0.717) is 35.9 Å². The Balaban J connectivity index is 1.56. The summed E-state index contributed by atoms with van der Waals surface area (Å²) in [5.74, 6) is 9.16. The molecule has 1 aliphatic heterocycles. The number of ether oxygens (including phenoxy) is 4. The Morgan fingerprint density at radius 1 is 0.972 bits per heavy atom. The second-order valence-electron chi connectivity index (χ2n) is 7.67. The number of aromatic nitrogens is 2. The summed E-state index contributed by atoms with van der Waals surface area (Å²) in [6, 6.07) is 8.42. The van der Waals surface area contributed by atoms with Crippen LogP contribution in [0.1, 0.15) is 23.5 Å². The van der Waals surface area contributed by atoms with Gasteiger partial charge in [0.25, 0.3) is 0 Å². The van der Waals surface area contributed by atoms with Crippen LogP contribution < -0.4 is 9.47 Å². The van der Waals surface area contributed by atoms with E-state index in [4.69, 9.17) is 25.4 Å². The molecule has 0 saturated carbocycles. The maximum Gasteiger partial charge on any atom is 0.214 e. The van der Waals surface area contributed by atoms with Crippen molar-refractivity contribution in [1.29, 1.82) is 0 Å². The Kier molecular flexibility index (Phi) is 10.2. The molecule has 36 heavy (non-hydrogen) atoms. The van der Waals surface area contributed by atoms with Gasteiger partial charge < -0.3 is 39.4 Å². The smallest absolute Gasteiger partial charge is 0.214 e. The fourth-order valence-corrected chi connectivity index (χ4v) is 3.20. The molecule has 4 N–H and O–H groups in total. The molecule has 3 heterocycles. The fraction of sp³-hybridized carbons (Fsp3) is 0.385. The standard InChI is InChI=1S/C26H28N2O8/c1-3-5-11-33-20-14-17(4-2)27-19(15-20)10-9-18-7-6-8-22(28-18)34-12-13-35-26-25(32)24(31)23(30)21(16-29)36-26/h2-3,6-8,14-15,21,23-26,29-32H,1,5,11-13,16H2/t21-,23-,24+,25-,26-/m1/s1. The summed E-state index contributed by atoms with van der Waals surface area (Å²) in [6.07, 6.45) is 1.22. The minimum atomic E-state index is -1.51. The third-order valence-electron chi connectivity index (χ3n) is 5.04. The van der Waals surface area contributed by atoms with Crippen LogP contribution in [0.4, 0.5) is 0 Å². The molecule has 10 heteroatoms. The van der Waals surface area contributed by atoms with Gasteiger partial charge in [0.05, 0.1) is 19.8 Å². The van der Waals surface area contributed by atoms with E-state index in [0.717, 1.165) is 0 Å². The quantitative estimate of drug-likeness (QED) is 0.202. The number of nitrogens with zero attached hydrogens (tertiary/aromatic N) is 2. The molecule has 190 valence electrons. The number of pyridine rings is 2. The highest BCUT2D eigenvalue weighted by atomic mass is 16.7. The summed E-state index contributed by atoms with van der Waals surface area (Å²) in [5, 5.41) is 38.8. The summed E-state index contributed by atoms with van der Waals surface area (Å²) in [5.41, 5.74) is 1.27. The number of rotatable bonds is 10. The number of aliphatic hydroxyl groups is 4. The highest BCUT2D eigenvalue weighted by molar-refractivity contribution is 5.43. The van der Waals surface area contributed by atoms with E-state index in [1.807, 2.05) is 0 Å². The molecule has 1 saturated heterocycles. The van der Waals surface area contributed by atoms with Crippen molar-refractivity contribution >= 4 is 0 Å². The average Bonchev–Trinajstić information content (AvgIpc) is 2.90. The Bertz CT molecular complexity index is 1120. The first-order valence-corrected chi connectivity index (χ1v) is 11.2. The maximum absolute atomic E-state index is 9.99. The molecule has 0 aliphatic carbocycles. The first kappa shape index (κ1) is 27.1. The lowest BCUT2D eigenvalue weighted by molar-refractivity contribution is -0.301. The van der Waals surface area contributed by atoms with E-state index in [9.17, 15) is 20.4 Å². The maximum atomic E-state index is 9.99. The summed E-state index contributed by atoms with van der Waals surface area (Å²) in [7, 11) is 0. The van der Waals surface area contributed by atoms with Gasteiger partial charge in [-0.1, -0.05) is 18.1 Å². The normalized spacial score (nSPS) is 23.1. The SMILES string of the molecule is C#Cc1cc(OCCC=C)cc(C#Cc2cccc(OCCO[C@@H]3O[C@H](CO)[C@@H](O)[C@H](O)[C@H]3O)n2)n1. The van der Waals surface area contributed by atoms with E-state index >= 15 is 0 Å². The van der Waals surface area contributed by atoms with Crippen molar-refractivity contribution in [3.8, 4) is 35.8 Å². The van der Waals surface area contributed by atoms with Crippen LogP contribution in [-0.4, -0.2) is 87.5 Å². The van der Waals surface area contributed by atoms with Gasteiger partial charge in [0.1, 0.15) is 53.9 Å². The van der Waals surface area contributed by atoms with Gasteiger partial charge in [0, 0.05) is 18.2 Å². The van der Waals surface area contributed by atoms with E-state index < -0.39 is 37.3 Å². The highest BCUT2D eigenvalue weighted by Crippen LogP contribution is 2.22. The van der Waals surface area contributed by atoms with Crippen molar-refractivity contribution < 1.29 is 39.4 Å². The molecule has 0 spiro atoms. The van der Waals surface area contributed by atoms with Gasteiger partial charge in [0.15, 0.2) is 6.29 Å². The molecule has 1 aliphatic rings. The third kappa shape index (κ3) is 7.51. The van der Waals surface area contributed by atoms with E-state index in [1.165, 1.54) is 0 Å². The minimum absolute atomic E-state index is 0.0162. The number of hydrogen-bond acceptors (Lipinski definition) is 10. The van der Waals surface area contributed by atoms with Crippen LogP contribution >= 0.6 is 0 Å². The van der Waals surface area contributed by atoms with E-state index in [1.54, 1.807) is 36.4 Å².